The molecule has 2 aliphatic rings. The van der Waals surface area contributed by atoms with E-state index in [1.807, 2.05) is 0 Å². The summed E-state index contributed by atoms with van der Waals surface area (Å²) < 4.78 is 0. The van der Waals surface area contributed by atoms with Gasteiger partial charge in [0.05, 0.1) is 0 Å². The second-order valence-electron chi connectivity index (χ2n) is 7.42. The highest BCUT2D eigenvalue weighted by atomic mass is 14.7. The smallest absolute Gasteiger partial charge is 0.00731 e. The average molecular weight is 271 g/mol. The van der Waals surface area contributed by atoms with E-state index in [2.05, 4.69) is 38.1 Å². The predicted octanol–water partition coefficient (Wildman–Crippen LogP) is 4.51. The molecule has 1 heteroatoms. The van der Waals surface area contributed by atoms with Crippen molar-refractivity contribution in [2.45, 2.75) is 64.3 Å². The van der Waals surface area contributed by atoms with Crippen molar-refractivity contribution in [2.75, 3.05) is 0 Å². The summed E-state index contributed by atoms with van der Waals surface area (Å²) in [6, 6.07) is 9.31. The first-order valence-electron chi connectivity index (χ1n) is 8.48. The minimum absolute atomic E-state index is 0.418. The molecule has 0 aromatic heterocycles. The Balaban J connectivity index is 1.50. The van der Waals surface area contributed by atoms with Crippen molar-refractivity contribution in [1.29, 1.82) is 0 Å². The summed E-state index contributed by atoms with van der Waals surface area (Å²) in [7, 11) is 0. The number of nitrogens with two attached hydrogens (primary N) is 1. The molecule has 2 unspecified atom stereocenters. The Hall–Kier alpha value is -0.820. The van der Waals surface area contributed by atoms with Gasteiger partial charge in [0.25, 0.3) is 0 Å². The highest BCUT2D eigenvalue weighted by Gasteiger charge is 2.32. The molecular weight excluding hydrogens is 242 g/mol. The zero-order valence-electron chi connectivity index (χ0n) is 13.0. The Bertz CT molecular complexity index is 443. The normalized spacial score (nSPS) is 30.7. The third-order valence-corrected chi connectivity index (χ3v) is 5.88. The van der Waals surface area contributed by atoms with Gasteiger partial charge in [0.15, 0.2) is 0 Å². The topological polar surface area (TPSA) is 26.0 Å². The van der Waals surface area contributed by atoms with Crippen molar-refractivity contribution in [1.82, 2.24) is 0 Å². The Labute approximate surface area is 124 Å². The lowest BCUT2D eigenvalue weighted by molar-refractivity contribution is 0.194. The molecule has 0 aliphatic heterocycles. The van der Waals surface area contributed by atoms with Crippen molar-refractivity contribution >= 4 is 0 Å². The molecular formula is C19H29N. The zero-order chi connectivity index (χ0) is 14.1. The highest BCUT2D eigenvalue weighted by molar-refractivity contribution is 5.39. The lowest BCUT2D eigenvalue weighted by Gasteiger charge is -2.37. The van der Waals surface area contributed by atoms with Crippen molar-refractivity contribution in [3.05, 3.63) is 35.4 Å². The van der Waals surface area contributed by atoms with Gasteiger partial charge in [-0.15, -0.1) is 0 Å². The highest BCUT2D eigenvalue weighted by Crippen LogP contribution is 2.41. The molecule has 0 spiro atoms. The Kier molecular flexibility index (Phi) is 4.16. The molecule has 0 heterocycles. The Morgan fingerprint density at radius 2 is 1.70 bits per heavy atom. The van der Waals surface area contributed by atoms with Gasteiger partial charge >= 0.3 is 0 Å². The van der Waals surface area contributed by atoms with Gasteiger partial charge in [-0.1, -0.05) is 38.1 Å². The van der Waals surface area contributed by atoms with Crippen LogP contribution in [0.15, 0.2) is 24.3 Å². The minimum Gasteiger partial charge on any atom is -0.327 e. The number of rotatable bonds is 4. The van der Waals surface area contributed by atoms with E-state index in [0.717, 1.165) is 23.7 Å². The number of hydrogen-bond donors (Lipinski definition) is 1. The molecule has 1 nitrogen and oxygen atoms in total. The Morgan fingerprint density at radius 1 is 1.05 bits per heavy atom. The fraction of sp³-hybridized carbons (Fsp3) is 0.684. The van der Waals surface area contributed by atoms with Crippen LogP contribution in [-0.2, 0) is 6.42 Å². The SMILES string of the molecule is CC(C)C1CCC(C(N)CC2Cc3ccccc32)CC1. The number of benzene rings is 1. The van der Waals surface area contributed by atoms with Crippen molar-refractivity contribution < 1.29 is 0 Å². The Morgan fingerprint density at radius 3 is 2.35 bits per heavy atom. The molecule has 1 fully saturated rings. The summed E-state index contributed by atoms with van der Waals surface area (Å²) >= 11 is 0. The fourth-order valence-electron chi connectivity index (χ4n) is 4.33. The van der Waals surface area contributed by atoms with E-state index in [1.54, 1.807) is 11.1 Å². The molecule has 1 saturated carbocycles. The number of fused-ring (bicyclic) bond motifs is 1. The molecule has 2 aliphatic carbocycles. The number of hydrogen-bond acceptors (Lipinski definition) is 1. The molecule has 0 radical (unpaired) electrons. The van der Waals surface area contributed by atoms with E-state index < -0.39 is 0 Å². The average Bonchev–Trinajstić information content (AvgIpc) is 2.44. The second-order valence-corrected chi connectivity index (χ2v) is 7.42. The van der Waals surface area contributed by atoms with E-state index >= 15 is 0 Å². The van der Waals surface area contributed by atoms with Gasteiger partial charge in [-0.05, 0) is 73.3 Å². The van der Waals surface area contributed by atoms with Gasteiger partial charge < -0.3 is 5.73 Å². The minimum atomic E-state index is 0.418. The molecule has 2 N–H and O–H groups in total. The van der Waals surface area contributed by atoms with Crippen LogP contribution < -0.4 is 5.73 Å². The molecule has 20 heavy (non-hydrogen) atoms. The second kappa shape index (κ2) is 5.89. The van der Waals surface area contributed by atoms with Gasteiger partial charge in [0.2, 0.25) is 0 Å². The van der Waals surface area contributed by atoms with Gasteiger partial charge in [-0.3, -0.25) is 0 Å². The molecule has 110 valence electrons. The monoisotopic (exact) mass is 271 g/mol. The molecule has 0 saturated heterocycles. The zero-order valence-corrected chi connectivity index (χ0v) is 13.0. The van der Waals surface area contributed by atoms with Gasteiger partial charge in [-0.25, -0.2) is 0 Å². The van der Waals surface area contributed by atoms with E-state index in [1.165, 1.54) is 38.5 Å². The summed E-state index contributed by atoms with van der Waals surface area (Å²) in [6.45, 7) is 4.74. The molecule has 1 aromatic carbocycles. The third-order valence-electron chi connectivity index (χ3n) is 5.88. The maximum absolute atomic E-state index is 6.54. The summed E-state index contributed by atoms with van der Waals surface area (Å²) in [5.74, 6) is 3.32. The van der Waals surface area contributed by atoms with E-state index in [0.29, 0.717) is 6.04 Å². The van der Waals surface area contributed by atoms with Crippen LogP contribution >= 0.6 is 0 Å². The van der Waals surface area contributed by atoms with Crippen LogP contribution in [0.25, 0.3) is 0 Å². The summed E-state index contributed by atoms with van der Waals surface area (Å²) in [6.07, 6.45) is 7.98. The molecule has 2 atom stereocenters. The first kappa shape index (κ1) is 14.1. The molecule has 0 amide bonds. The fourth-order valence-corrected chi connectivity index (χ4v) is 4.33. The maximum Gasteiger partial charge on any atom is 0.00731 e. The van der Waals surface area contributed by atoms with Crippen molar-refractivity contribution in [3.63, 3.8) is 0 Å². The van der Waals surface area contributed by atoms with E-state index in [-0.39, 0.29) is 0 Å². The molecule has 0 bridgehead atoms. The lowest BCUT2D eigenvalue weighted by atomic mass is 9.69. The van der Waals surface area contributed by atoms with Crippen LogP contribution in [-0.4, -0.2) is 6.04 Å². The van der Waals surface area contributed by atoms with Crippen LogP contribution in [0.4, 0.5) is 0 Å². The van der Waals surface area contributed by atoms with Gasteiger partial charge in [0.1, 0.15) is 0 Å². The standard InChI is InChI=1S/C19H29N/c1-13(2)14-7-9-15(10-8-14)19(20)12-17-11-16-5-3-4-6-18(16)17/h3-6,13-15,17,19H,7-12,20H2,1-2H3. The third kappa shape index (κ3) is 2.79. The largest absolute Gasteiger partial charge is 0.327 e. The summed E-state index contributed by atoms with van der Waals surface area (Å²) in [4.78, 5) is 0. The van der Waals surface area contributed by atoms with E-state index in [4.69, 9.17) is 5.73 Å². The van der Waals surface area contributed by atoms with Crippen molar-refractivity contribution in [3.8, 4) is 0 Å². The quantitative estimate of drug-likeness (QED) is 0.857. The predicted molar refractivity (Wildman–Crippen MR) is 85.8 cm³/mol. The van der Waals surface area contributed by atoms with E-state index in [9.17, 15) is 0 Å². The first-order chi connectivity index (χ1) is 9.65. The molecule has 1 aromatic rings. The van der Waals surface area contributed by atoms with Crippen LogP contribution in [0.3, 0.4) is 0 Å². The lowest BCUT2D eigenvalue weighted by Crippen LogP contribution is -2.36. The summed E-state index contributed by atoms with van der Waals surface area (Å²) in [5, 5.41) is 0. The van der Waals surface area contributed by atoms with Crippen LogP contribution in [0.2, 0.25) is 0 Å². The van der Waals surface area contributed by atoms with Crippen LogP contribution in [0.1, 0.15) is 63.0 Å². The molecule has 3 rings (SSSR count). The van der Waals surface area contributed by atoms with Gasteiger partial charge in [0, 0.05) is 6.04 Å². The van der Waals surface area contributed by atoms with Crippen molar-refractivity contribution in [2.24, 2.45) is 23.5 Å². The first-order valence-corrected chi connectivity index (χ1v) is 8.48. The summed E-state index contributed by atoms with van der Waals surface area (Å²) in [5.41, 5.74) is 9.66. The van der Waals surface area contributed by atoms with Gasteiger partial charge in [-0.2, -0.15) is 0 Å². The maximum atomic E-state index is 6.54. The van der Waals surface area contributed by atoms with Crippen LogP contribution in [0.5, 0.6) is 0 Å². The van der Waals surface area contributed by atoms with Crippen LogP contribution in [0, 0.1) is 17.8 Å².